The normalized spacial score (nSPS) is 20.6. The van der Waals surface area contributed by atoms with Gasteiger partial charge in [-0.25, -0.2) is 9.59 Å². The van der Waals surface area contributed by atoms with Gasteiger partial charge < -0.3 is 14.4 Å². The number of hydrogen-bond acceptors (Lipinski definition) is 5. The number of thioether (sulfide) groups is 1. The van der Waals surface area contributed by atoms with Crippen LogP contribution in [-0.2, 0) is 16.1 Å². The first kappa shape index (κ1) is 17.7. The molecule has 23 heavy (non-hydrogen) atoms. The zero-order valence-electron chi connectivity index (χ0n) is 13.7. The molecule has 2 unspecified atom stereocenters. The fraction of sp³-hybridized carbons (Fsp3) is 0.529. The van der Waals surface area contributed by atoms with Crippen LogP contribution in [0.4, 0.5) is 9.59 Å². The molecule has 0 radical (unpaired) electrons. The van der Waals surface area contributed by atoms with E-state index in [-0.39, 0.29) is 30.0 Å². The van der Waals surface area contributed by atoms with Gasteiger partial charge in [0.1, 0.15) is 12.7 Å². The van der Waals surface area contributed by atoms with Crippen LogP contribution in [0, 0.1) is 11.8 Å². The third-order valence-corrected chi connectivity index (χ3v) is 4.47. The Hall–Kier alpha value is -1.69. The fourth-order valence-corrected chi connectivity index (χ4v) is 2.92. The summed E-state index contributed by atoms with van der Waals surface area (Å²) in [6, 6.07) is 9.57. The topological polar surface area (TPSA) is 55.8 Å². The summed E-state index contributed by atoms with van der Waals surface area (Å²) < 4.78 is 10.8. The van der Waals surface area contributed by atoms with Crippen molar-refractivity contribution in [2.45, 2.75) is 26.6 Å². The number of benzene rings is 1. The highest BCUT2D eigenvalue weighted by molar-refractivity contribution is 8.12. The molecule has 0 saturated carbocycles. The molecule has 1 aliphatic heterocycles. The first-order chi connectivity index (χ1) is 11.0. The Kier molecular flexibility index (Phi) is 6.33. The van der Waals surface area contributed by atoms with Crippen molar-refractivity contribution in [2.24, 2.45) is 11.8 Å². The molecule has 0 N–H and O–H groups in total. The van der Waals surface area contributed by atoms with Crippen molar-refractivity contribution in [2.75, 3.05) is 19.3 Å². The van der Waals surface area contributed by atoms with Gasteiger partial charge in [-0.05, 0) is 29.5 Å². The molecule has 0 bridgehead atoms. The lowest BCUT2D eigenvalue weighted by Gasteiger charge is -2.20. The van der Waals surface area contributed by atoms with E-state index in [9.17, 15) is 9.59 Å². The Morgan fingerprint density at radius 1 is 1.26 bits per heavy atom. The van der Waals surface area contributed by atoms with Gasteiger partial charge in [0.2, 0.25) is 0 Å². The van der Waals surface area contributed by atoms with E-state index in [0.29, 0.717) is 19.0 Å². The molecule has 0 spiro atoms. The second-order valence-electron chi connectivity index (χ2n) is 5.96. The number of amides is 1. The molecular weight excluding hydrogens is 314 g/mol. The van der Waals surface area contributed by atoms with Crippen molar-refractivity contribution < 1.29 is 19.1 Å². The minimum atomic E-state index is -0.359. The summed E-state index contributed by atoms with van der Waals surface area (Å²) in [6.07, 6.45) is 1.06. The Labute approximate surface area is 141 Å². The predicted molar refractivity (Wildman–Crippen MR) is 90.3 cm³/mol. The molecule has 6 heteroatoms. The molecule has 1 heterocycles. The highest BCUT2D eigenvalue weighted by Gasteiger charge is 2.39. The van der Waals surface area contributed by atoms with Crippen LogP contribution >= 0.6 is 11.8 Å². The maximum Gasteiger partial charge on any atom is 0.410 e. The molecule has 0 aromatic heterocycles. The van der Waals surface area contributed by atoms with Gasteiger partial charge in [-0.15, -0.1) is 0 Å². The average molecular weight is 337 g/mol. The third-order valence-electron chi connectivity index (χ3n) is 4.04. The van der Waals surface area contributed by atoms with Crippen molar-refractivity contribution in [1.29, 1.82) is 0 Å². The van der Waals surface area contributed by atoms with E-state index in [1.807, 2.05) is 30.3 Å². The monoisotopic (exact) mass is 337 g/mol. The number of nitrogens with zero attached hydrogens (tertiary/aromatic N) is 1. The smallest absolute Gasteiger partial charge is 0.410 e. The van der Waals surface area contributed by atoms with Gasteiger partial charge in [-0.3, -0.25) is 0 Å². The predicted octanol–water partition coefficient (Wildman–Crippen LogP) is 3.78. The highest BCUT2D eigenvalue weighted by Crippen LogP contribution is 2.28. The van der Waals surface area contributed by atoms with E-state index >= 15 is 0 Å². The summed E-state index contributed by atoms with van der Waals surface area (Å²) in [5, 5.41) is -0.305. The fourth-order valence-electron chi connectivity index (χ4n) is 2.70. The van der Waals surface area contributed by atoms with E-state index in [4.69, 9.17) is 9.47 Å². The summed E-state index contributed by atoms with van der Waals surface area (Å²) >= 11 is 1.05. The summed E-state index contributed by atoms with van der Waals surface area (Å²) in [4.78, 5) is 25.4. The molecular formula is C17H23NO4S. The van der Waals surface area contributed by atoms with Crippen LogP contribution in [0.3, 0.4) is 0 Å². The number of carbonyl (C=O) groups is 2. The van der Waals surface area contributed by atoms with Crippen LogP contribution in [0.15, 0.2) is 30.3 Å². The summed E-state index contributed by atoms with van der Waals surface area (Å²) in [5.41, 5.74) is 0.950. The standard InChI is InChI=1S/C17H23NO4S/c1-12(2)14-9-18(10-15(14)22-17(20)23-3)16(19)21-11-13-7-5-4-6-8-13/h4-8,12,14-15H,9-11H2,1-3H3. The Morgan fingerprint density at radius 2 is 1.96 bits per heavy atom. The Morgan fingerprint density at radius 3 is 2.57 bits per heavy atom. The van der Waals surface area contributed by atoms with Gasteiger partial charge in [-0.2, -0.15) is 0 Å². The lowest BCUT2D eigenvalue weighted by atomic mass is 9.93. The quantitative estimate of drug-likeness (QED) is 0.783. The second-order valence-corrected chi connectivity index (χ2v) is 6.71. The third kappa shape index (κ3) is 4.89. The largest absolute Gasteiger partial charge is 0.452 e. The lowest BCUT2D eigenvalue weighted by Crippen LogP contribution is -2.31. The number of carbonyl (C=O) groups excluding carboxylic acids is 2. The van der Waals surface area contributed by atoms with E-state index in [1.54, 1.807) is 11.2 Å². The van der Waals surface area contributed by atoms with Crippen molar-refractivity contribution in [3.8, 4) is 0 Å². The second kappa shape index (κ2) is 8.24. The zero-order valence-corrected chi connectivity index (χ0v) is 14.5. The van der Waals surface area contributed by atoms with Gasteiger partial charge in [0.15, 0.2) is 0 Å². The van der Waals surface area contributed by atoms with Crippen LogP contribution in [0.1, 0.15) is 19.4 Å². The summed E-state index contributed by atoms with van der Waals surface area (Å²) in [6.45, 7) is 5.34. The van der Waals surface area contributed by atoms with Crippen molar-refractivity contribution in [3.05, 3.63) is 35.9 Å². The van der Waals surface area contributed by atoms with E-state index in [1.165, 1.54) is 0 Å². The minimum Gasteiger partial charge on any atom is -0.452 e. The van der Waals surface area contributed by atoms with Crippen LogP contribution < -0.4 is 0 Å². The highest BCUT2D eigenvalue weighted by atomic mass is 32.2. The average Bonchev–Trinajstić information content (AvgIpc) is 2.97. The molecule has 0 aliphatic carbocycles. The molecule has 2 atom stereocenters. The maximum absolute atomic E-state index is 12.2. The maximum atomic E-state index is 12.2. The van der Waals surface area contributed by atoms with Gasteiger partial charge in [0.05, 0.1) is 6.54 Å². The van der Waals surface area contributed by atoms with Gasteiger partial charge >= 0.3 is 11.4 Å². The van der Waals surface area contributed by atoms with Crippen molar-refractivity contribution in [1.82, 2.24) is 4.90 Å². The van der Waals surface area contributed by atoms with Crippen LogP contribution in [-0.4, -0.2) is 41.7 Å². The Bertz CT molecular complexity index is 535. The van der Waals surface area contributed by atoms with E-state index < -0.39 is 0 Å². The molecule has 1 saturated heterocycles. The minimum absolute atomic E-state index is 0.135. The molecule has 126 valence electrons. The van der Waals surface area contributed by atoms with Gasteiger partial charge in [0, 0.05) is 12.5 Å². The molecule has 1 amide bonds. The SMILES string of the molecule is CSC(=O)OC1CN(C(=O)OCc2ccccc2)CC1C(C)C. The molecule has 2 rings (SSSR count). The van der Waals surface area contributed by atoms with Crippen LogP contribution in [0.2, 0.25) is 0 Å². The number of ether oxygens (including phenoxy) is 2. The molecule has 1 fully saturated rings. The number of likely N-dealkylation sites (tertiary alicyclic amines) is 1. The zero-order chi connectivity index (χ0) is 16.8. The number of rotatable bonds is 4. The molecule has 1 aromatic carbocycles. The lowest BCUT2D eigenvalue weighted by molar-refractivity contribution is 0.0843. The molecule has 1 aliphatic rings. The Balaban J connectivity index is 1.92. The molecule has 1 aromatic rings. The first-order valence-electron chi connectivity index (χ1n) is 7.71. The molecule has 5 nitrogen and oxygen atoms in total. The van der Waals surface area contributed by atoms with Gasteiger partial charge in [0.25, 0.3) is 0 Å². The van der Waals surface area contributed by atoms with Crippen LogP contribution in [0.5, 0.6) is 0 Å². The van der Waals surface area contributed by atoms with E-state index in [0.717, 1.165) is 17.3 Å². The number of hydrogen-bond donors (Lipinski definition) is 0. The van der Waals surface area contributed by atoms with Crippen LogP contribution in [0.25, 0.3) is 0 Å². The van der Waals surface area contributed by atoms with E-state index in [2.05, 4.69) is 13.8 Å². The summed E-state index contributed by atoms with van der Waals surface area (Å²) in [5.74, 6) is 0.456. The first-order valence-corrected chi connectivity index (χ1v) is 8.94. The van der Waals surface area contributed by atoms with Gasteiger partial charge in [-0.1, -0.05) is 44.2 Å². The van der Waals surface area contributed by atoms with Crippen molar-refractivity contribution >= 4 is 23.2 Å². The van der Waals surface area contributed by atoms with Crippen molar-refractivity contribution in [3.63, 3.8) is 0 Å². The summed E-state index contributed by atoms with van der Waals surface area (Å²) in [7, 11) is 0.